The third kappa shape index (κ3) is 3.86. The molecule has 0 spiro atoms. The van der Waals surface area contributed by atoms with Crippen LogP contribution in [0.25, 0.3) is 10.9 Å². The normalized spacial score (nSPS) is 14.6. The zero-order chi connectivity index (χ0) is 20.4. The third-order valence-corrected chi connectivity index (χ3v) is 5.20. The Hall–Kier alpha value is -3.20. The van der Waals surface area contributed by atoms with Crippen LogP contribution in [-0.4, -0.2) is 70.5 Å². The van der Waals surface area contributed by atoms with Gasteiger partial charge in [-0.25, -0.2) is 4.98 Å². The Morgan fingerprint density at radius 2 is 2.00 bits per heavy atom. The number of aromatic amines is 1. The summed E-state index contributed by atoms with van der Waals surface area (Å²) < 4.78 is 6.60. The number of rotatable bonds is 5. The molecule has 0 radical (unpaired) electrons. The van der Waals surface area contributed by atoms with Crippen molar-refractivity contribution in [2.75, 3.05) is 44.8 Å². The smallest absolute Gasteiger partial charge is 0.274 e. The van der Waals surface area contributed by atoms with Crippen LogP contribution >= 0.6 is 0 Å². The summed E-state index contributed by atoms with van der Waals surface area (Å²) in [6.45, 7) is 5.49. The molecular weight excluding hydrogens is 372 g/mol. The largest absolute Gasteiger partial charge is 0.383 e. The van der Waals surface area contributed by atoms with Crippen molar-refractivity contribution < 1.29 is 9.53 Å². The first-order valence-electron chi connectivity index (χ1n) is 9.61. The molecule has 1 aliphatic rings. The van der Waals surface area contributed by atoms with E-state index in [1.54, 1.807) is 24.1 Å². The van der Waals surface area contributed by atoms with Gasteiger partial charge in [-0.2, -0.15) is 5.10 Å². The number of aromatic nitrogens is 4. The predicted octanol–water partition coefficient (Wildman–Crippen LogP) is 1.04. The second kappa shape index (κ2) is 8.04. The van der Waals surface area contributed by atoms with E-state index in [1.165, 1.54) is 0 Å². The number of benzene rings is 1. The third-order valence-electron chi connectivity index (χ3n) is 5.20. The molecule has 0 bridgehead atoms. The van der Waals surface area contributed by atoms with Gasteiger partial charge in [0.15, 0.2) is 0 Å². The van der Waals surface area contributed by atoms with Gasteiger partial charge in [-0.1, -0.05) is 0 Å². The summed E-state index contributed by atoms with van der Waals surface area (Å²) in [5, 5.41) is 7.46. The fourth-order valence-corrected chi connectivity index (χ4v) is 3.55. The van der Waals surface area contributed by atoms with Gasteiger partial charge in [0.1, 0.15) is 5.69 Å². The van der Waals surface area contributed by atoms with Crippen molar-refractivity contribution in [3.05, 3.63) is 52.3 Å². The van der Waals surface area contributed by atoms with Crippen molar-refractivity contribution in [3.63, 3.8) is 0 Å². The highest BCUT2D eigenvalue weighted by molar-refractivity contribution is 5.92. The molecule has 3 aromatic rings. The van der Waals surface area contributed by atoms with E-state index >= 15 is 0 Å². The van der Waals surface area contributed by atoms with Gasteiger partial charge in [-0.05, 0) is 31.2 Å². The Kier molecular flexibility index (Phi) is 5.30. The lowest BCUT2D eigenvalue weighted by Gasteiger charge is -2.35. The van der Waals surface area contributed by atoms with Gasteiger partial charge in [0.25, 0.3) is 11.5 Å². The molecule has 1 saturated heterocycles. The number of methoxy groups -OCH3 is 1. The molecule has 0 saturated carbocycles. The maximum absolute atomic E-state index is 12.6. The molecule has 1 aromatic carbocycles. The Balaban J connectivity index is 1.47. The number of amides is 1. The van der Waals surface area contributed by atoms with Crippen molar-refractivity contribution in [1.29, 1.82) is 0 Å². The van der Waals surface area contributed by atoms with E-state index in [0.29, 0.717) is 55.9 Å². The van der Waals surface area contributed by atoms with Gasteiger partial charge < -0.3 is 14.5 Å². The van der Waals surface area contributed by atoms with Gasteiger partial charge in [-0.15, -0.1) is 0 Å². The molecule has 1 fully saturated rings. The van der Waals surface area contributed by atoms with Crippen molar-refractivity contribution in [3.8, 4) is 0 Å². The molecule has 9 nitrogen and oxygen atoms in total. The minimum atomic E-state index is -0.0664. The number of nitrogens with one attached hydrogen (secondary N) is 1. The van der Waals surface area contributed by atoms with Crippen LogP contribution in [0.3, 0.4) is 0 Å². The van der Waals surface area contributed by atoms with Crippen molar-refractivity contribution >= 4 is 22.5 Å². The van der Waals surface area contributed by atoms with E-state index in [0.717, 1.165) is 11.4 Å². The number of piperazine rings is 1. The molecule has 9 heteroatoms. The zero-order valence-electron chi connectivity index (χ0n) is 16.6. The highest BCUT2D eigenvalue weighted by Crippen LogP contribution is 2.21. The number of fused-ring (bicyclic) bond motifs is 1. The number of H-pyrrole nitrogens is 1. The van der Waals surface area contributed by atoms with E-state index < -0.39 is 0 Å². The van der Waals surface area contributed by atoms with E-state index in [-0.39, 0.29) is 11.5 Å². The van der Waals surface area contributed by atoms with E-state index in [2.05, 4.69) is 20.1 Å². The summed E-state index contributed by atoms with van der Waals surface area (Å²) in [6.07, 6.45) is 1.57. The molecule has 152 valence electrons. The average Bonchev–Trinajstić information content (AvgIpc) is 3.19. The van der Waals surface area contributed by atoms with Crippen LogP contribution in [-0.2, 0) is 11.3 Å². The monoisotopic (exact) mass is 396 g/mol. The van der Waals surface area contributed by atoms with Crippen LogP contribution in [0.2, 0.25) is 0 Å². The van der Waals surface area contributed by atoms with E-state index in [1.807, 2.05) is 30.0 Å². The SMILES string of the molecule is COCCn1cnc2cc(N3CCN(C(=O)c4cc(C)[nH]n4)CC3)ccc2c1=O. The Morgan fingerprint density at radius 3 is 2.69 bits per heavy atom. The van der Waals surface area contributed by atoms with Crippen LogP contribution in [0.4, 0.5) is 5.69 Å². The summed E-state index contributed by atoms with van der Waals surface area (Å²) in [5.74, 6) is -0.0502. The lowest BCUT2D eigenvalue weighted by Crippen LogP contribution is -2.48. The number of nitrogens with zero attached hydrogens (tertiary/aromatic N) is 5. The molecular formula is C20H24N6O3. The van der Waals surface area contributed by atoms with Crippen LogP contribution in [0.1, 0.15) is 16.2 Å². The summed E-state index contributed by atoms with van der Waals surface area (Å²) in [7, 11) is 1.61. The standard InChI is InChI=1S/C20H24N6O3/c1-14-11-18(23-22-14)20(28)25-7-5-24(6-8-25)15-3-4-16-17(12-15)21-13-26(19(16)27)9-10-29-2/h3-4,11-13H,5-10H2,1-2H3,(H,22,23). The van der Waals surface area contributed by atoms with Crippen LogP contribution in [0, 0.1) is 6.92 Å². The van der Waals surface area contributed by atoms with Gasteiger partial charge in [0, 0.05) is 44.7 Å². The van der Waals surface area contributed by atoms with Crippen LogP contribution in [0.15, 0.2) is 35.4 Å². The van der Waals surface area contributed by atoms with Crippen molar-refractivity contribution in [2.24, 2.45) is 0 Å². The van der Waals surface area contributed by atoms with Gasteiger partial charge in [0.2, 0.25) is 0 Å². The highest BCUT2D eigenvalue weighted by atomic mass is 16.5. The van der Waals surface area contributed by atoms with Gasteiger partial charge in [-0.3, -0.25) is 19.3 Å². The Bertz CT molecular complexity index is 1080. The molecule has 1 amide bonds. The molecule has 1 aliphatic heterocycles. The number of carbonyl (C=O) groups excluding carboxylic acids is 1. The fourth-order valence-electron chi connectivity index (χ4n) is 3.55. The molecule has 4 rings (SSSR count). The van der Waals surface area contributed by atoms with Gasteiger partial charge >= 0.3 is 0 Å². The summed E-state index contributed by atoms with van der Waals surface area (Å²) in [5.41, 5.74) is 2.93. The summed E-state index contributed by atoms with van der Waals surface area (Å²) in [4.78, 5) is 33.6. The molecule has 0 unspecified atom stereocenters. The summed E-state index contributed by atoms with van der Waals surface area (Å²) in [6, 6.07) is 7.48. The molecule has 0 aliphatic carbocycles. The maximum Gasteiger partial charge on any atom is 0.274 e. The fraction of sp³-hybridized carbons (Fsp3) is 0.400. The number of hydrogen-bond donors (Lipinski definition) is 1. The lowest BCUT2D eigenvalue weighted by atomic mass is 10.2. The van der Waals surface area contributed by atoms with Crippen molar-refractivity contribution in [1.82, 2.24) is 24.6 Å². The van der Waals surface area contributed by atoms with Crippen LogP contribution < -0.4 is 10.5 Å². The minimum Gasteiger partial charge on any atom is -0.383 e. The second-order valence-corrected chi connectivity index (χ2v) is 7.15. The van der Waals surface area contributed by atoms with E-state index in [9.17, 15) is 9.59 Å². The molecule has 3 heterocycles. The van der Waals surface area contributed by atoms with Crippen LogP contribution in [0.5, 0.6) is 0 Å². The number of carbonyl (C=O) groups is 1. The topological polar surface area (TPSA) is 96.3 Å². The quantitative estimate of drug-likeness (QED) is 0.692. The highest BCUT2D eigenvalue weighted by Gasteiger charge is 2.24. The Labute approximate surface area is 167 Å². The molecule has 29 heavy (non-hydrogen) atoms. The minimum absolute atomic E-state index is 0.0502. The zero-order valence-corrected chi connectivity index (χ0v) is 16.6. The Morgan fingerprint density at radius 1 is 1.21 bits per heavy atom. The summed E-state index contributed by atoms with van der Waals surface area (Å²) >= 11 is 0. The van der Waals surface area contributed by atoms with Crippen molar-refractivity contribution in [2.45, 2.75) is 13.5 Å². The first-order chi connectivity index (χ1) is 14.1. The lowest BCUT2D eigenvalue weighted by molar-refractivity contribution is 0.0741. The number of anilines is 1. The molecule has 1 N–H and O–H groups in total. The number of aryl methyl sites for hydroxylation is 1. The number of hydrogen-bond acceptors (Lipinski definition) is 6. The molecule has 0 atom stereocenters. The maximum atomic E-state index is 12.6. The first-order valence-corrected chi connectivity index (χ1v) is 9.61. The number of ether oxygens (including phenoxy) is 1. The molecule has 2 aromatic heterocycles. The van der Waals surface area contributed by atoms with E-state index in [4.69, 9.17) is 4.74 Å². The first kappa shape index (κ1) is 19.1. The second-order valence-electron chi connectivity index (χ2n) is 7.15. The average molecular weight is 396 g/mol. The predicted molar refractivity (Wildman–Crippen MR) is 109 cm³/mol. The van der Waals surface area contributed by atoms with Gasteiger partial charge in [0.05, 0.1) is 30.4 Å².